The first-order chi connectivity index (χ1) is 11.5. The lowest BCUT2D eigenvalue weighted by molar-refractivity contribution is -0.155. The minimum absolute atomic E-state index is 0.0794. The van der Waals surface area contributed by atoms with Gasteiger partial charge in [0.1, 0.15) is 23.9 Å². The van der Waals surface area contributed by atoms with Crippen molar-refractivity contribution in [2.24, 2.45) is 11.3 Å². The molecule has 0 atom stereocenters. The van der Waals surface area contributed by atoms with Crippen LogP contribution in [0.2, 0.25) is 0 Å². The minimum atomic E-state index is -0.473. The zero-order valence-electron chi connectivity index (χ0n) is 16.1. The fourth-order valence-corrected chi connectivity index (χ4v) is 3.43. The Morgan fingerprint density at radius 3 is 2.16 bits per heavy atom. The molecular formula is C19H31NO5. The Balaban J connectivity index is 1.71. The molecule has 6 nitrogen and oxygen atoms in total. The molecule has 1 aliphatic carbocycles. The van der Waals surface area contributed by atoms with Gasteiger partial charge in [-0.3, -0.25) is 9.59 Å². The molecule has 0 N–H and O–H groups in total. The van der Waals surface area contributed by atoms with Crippen molar-refractivity contribution in [3.63, 3.8) is 0 Å². The largest absolute Gasteiger partial charge is 0.462 e. The van der Waals surface area contributed by atoms with E-state index in [0.717, 1.165) is 25.7 Å². The van der Waals surface area contributed by atoms with Crippen molar-refractivity contribution in [3.05, 3.63) is 0 Å². The fraction of sp³-hybridized carbons (Fsp3) is 0.842. The molecule has 0 aromatic heterocycles. The molecule has 2 aliphatic rings. The summed E-state index contributed by atoms with van der Waals surface area (Å²) in [6, 6.07) is 0. The van der Waals surface area contributed by atoms with Crippen molar-refractivity contribution < 1.29 is 23.9 Å². The van der Waals surface area contributed by atoms with Crippen LogP contribution in [-0.2, 0) is 19.1 Å². The number of rotatable bonds is 4. The number of Topliss-reactive ketones (excluding diaryl/α,β-unsaturated/α-hetero) is 1. The summed E-state index contributed by atoms with van der Waals surface area (Å²) in [5, 5.41) is 0. The Labute approximate surface area is 150 Å². The summed E-state index contributed by atoms with van der Waals surface area (Å²) in [5.41, 5.74) is -0.327. The summed E-state index contributed by atoms with van der Waals surface area (Å²) in [5.74, 6) is -0.635. The molecule has 2 fully saturated rings. The van der Waals surface area contributed by atoms with E-state index in [0.29, 0.717) is 13.1 Å². The van der Waals surface area contributed by atoms with Gasteiger partial charge in [-0.25, -0.2) is 4.79 Å². The predicted octanol–water partition coefficient (Wildman–Crippen LogP) is 3.32. The number of carbonyl (C=O) groups excluding carboxylic acids is 3. The van der Waals surface area contributed by atoms with Crippen molar-refractivity contribution >= 4 is 17.8 Å². The summed E-state index contributed by atoms with van der Waals surface area (Å²) in [6.45, 7) is 10.6. The van der Waals surface area contributed by atoms with Gasteiger partial charge in [-0.2, -0.15) is 0 Å². The third-order valence-electron chi connectivity index (χ3n) is 4.96. The van der Waals surface area contributed by atoms with Gasteiger partial charge in [0.2, 0.25) is 0 Å². The van der Waals surface area contributed by atoms with Crippen LogP contribution in [0.15, 0.2) is 0 Å². The molecule has 1 aliphatic heterocycles. The number of hydrogen-bond acceptors (Lipinski definition) is 5. The molecule has 1 saturated carbocycles. The molecule has 0 aromatic carbocycles. The third kappa shape index (κ3) is 5.44. The van der Waals surface area contributed by atoms with Crippen molar-refractivity contribution in [2.45, 2.75) is 78.4 Å². The van der Waals surface area contributed by atoms with Gasteiger partial charge in [0.05, 0.1) is 0 Å². The Morgan fingerprint density at radius 2 is 1.68 bits per heavy atom. The van der Waals surface area contributed by atoms with Crippen LogP contribution in [0, 0.1) is 11.3 Å². The first-order valence-corrected chi connectivity index (χ1v) is 9.20. The molecule has 2 rings (SSSR count). The van der Waals surface area contributed by atoms with Gasteiger partial charge in [-0.1, -0.05) is 13.8 Å². The quantitative estimate of drug-likeness (QED) is 0.572. The van der Waals surface area contributed by atoms with Crippen LogP contribution < -0.4 is 0 Å². The van der Waals surface area contributed by atoms with Gasteiger partial charge in [0.25, 0.3) is 0 Å². The Morgan fingerprint density at radius 1 is 1.12 bits per heavy atom. The third-order valence-corrected chi connectivity index (χ3v) is 4.96. The minimum Gasteiger partial charge on any atom is -0.462 e. The number of likely N-dealkylation sites (tertiary alicyclic amines) is 1. The number of hydrogen-bond donors (Lipinski definition) is 0. The summed E-state index contributed by atoms with van der Waals surface area (Å²) in [6.07, 6.45) is 2.97. The van der Waals surface area contributed by atoms with E-state index in [2.05, 4.69) is 0 Å². The standard InChI is InChI=1S/C19H31NO5/c1-13(2)15(21)10-16(22)24-14-6-8-19(9-7-14)11-20(12-19)17(23)25-18(3,4)5/h13-14H,6-12H2,1-5H3. The molecule has 6 heteroatoms. The Bertz CT molecular complexity index is 518. The van der Waals surface area contributed by atoms with E-state index in [9.17, 15) is 14.4 Å². The van der Waals surface area contributed by atoms with Crippen LogP contribution >= 0.6 is 0 Å². The van der Waals surface area contributed by atoms with E-state index < -0.39 is 11.6 Å². The Kier molecular flexibility index (Phi) is 5.79. The van der Waals surface area contributed by atoms with E-state index >= 15 is 0 Å². The SMILES string of the molecule is CC(C)C(=O)CC(=O)OC1CCC2(CC1)CN(C(=O)OC(C)(C)C)C2. The average Bonchev–Trinajstić information content (AvgIpc) is 2.43. The van der Waals surface area contributed by atoms with Gasteiger partial charge in [0.15, 0.2) is 0 Å². The maximum Gasteiger partial charge on any atom is 0.410 e. The maximum atomic E-state index is 12.0. The molecule has 1 heterocycles. The topological polar surface area (TPSA) is 72.9 Å². The van der Waals surface area contributed by atoms with Crippen LogP contribution in [0.4, 0.5) is 4.79 Å². The van der Waals surface area contributed by atoms with Crippen LogP contribution in [0.3, 0.4) is 0 Å². The lowest BCUT2D eigenvalue weighted by Crippen LogP contribution is -2.60. The van der Waals surface area contributed by atoms with E-state index in [-0.39, 0.29) is 35.7 Å². The first kappa shape index (κ1) is 19.7. The van der Waals surface area contributed by atoms with Gasteiger partial charge in [-0.15, -0.1) is 0 Å². The highest BCUT2D eigenvalue weighted by molar-refractivity contribution is 5.96. The molecule has 1 amide bonds. The van der Waals surface area contributed by atoms with Crippen molar-refractivity contribution in [2.75, 3.05) is 13.1 Å². The summed E-state index contributed by atoms with van der Waals surface area (Å²) >= 11 is 0. The zero-order valence-corrected chi connectivity index (χ0v) is 16.1. The number of esters is 1. The summed E-state index contributed by atoms with van der Waals surface area (Å²) < 4.78 is 10.8. The number of nitrogens with zero attached hydrogens (tertiary/aromatic N) is 1. The van der Waals surface area contributed by atoms with Crippen LogP contribution in [0.5, 0.6) is 0 Å². The number of carbonyl (C=O) groups is 3. The summed E-state index contributed by atoms with van der Waals surface area (Å²) in [7, 11) is 0. The number of amides is 1. The maximum absolute atomic E-state index is 12.0. The Hall–Kier alpha value is -1.59. The zero-order chi connectivity index (χ0) is 18.8. The lowest BCUT2D eigenvalue weighted by atomic mass is 9.68. The second-order valence-corrected chi connectivity index (χ2v) is 8.82. The fourth-order valence-electron chi connectivity index (χ4n) is 3.43. The van der Waals surface area contributed by atoms with Gasteiger partial charge >= 0.3 is 12.1 Å². The average molecular weight is 353 g/mol. The second-order valence-electron chi connectivity index (χ2n) is 8.82. The van der Waals surface area contributed by atoms with Gasteiger partial charge in [-0.05, 0) is 46.5 Å². The van der Waals surface area contributed by atoms with E-state index in [1.165, 1.54) is 0 Å². The van der Waals surface area contributed by atoms with Crippen molar-refractivity contribution in [3.8, 4) is 0 Å². The van der Waals surface area contributed by atoms with Crippen molar-refractivity contribution in [1.29, 1.82) is 0 Å². The van der Waals surface area contributed by atoms with Crippen LogP contribution in [0.25, 0.3) is 0 Å². The highest BCUT2D eigenvalue weighted by Gasteiger charge is 2.48. The van der Waals surface area contributed by atoms with E-state index in [1.807, 2.05) is 20.8 Å². The molecule has 0 bridgehead atoms. The highest BCUT2D eigenvalue weighted by Crippen LogP contribution is 2.44. The van der Waals surface area contributed by atoms with Crippen LogP contribution in [0.1, 0.15) is 66.7 Å². The van der Waals surface area contributed by atoms with E-state index in [4.69, 9.17) is 9.47 Å². The second kappa shape index (κ2) is 7.34. The molecule has 0 unspecified atom stereocenters. The highest BCUT2D eigenvalue weighted by atomic mass is 16.6. The smallest absolute Gasteiger partial charge is 0.410 e. The van der Waals surface area contributed by atoms with Crippen LogP contribution in [-0.4, -0.2) is 47.5 Å². The molecule has 0 radical (unpaired) electrons. The first-order valence-electron chi connectivity index (χ1n) is 9.20. The molecule has 25 heavy (non-hydrogen) atoms. The molecular weight excluding hydrogens is 322 g/mol. The molecule has 0 aromatic rings. The van der Waals surface area contributed by atoms with Gasteiger partial charge in [0, 0.05) is 24.4 Å². The molecule has 1 spiro atoms. The lowest BCUT2D eigenvalue weighted by Gasteiger charge is -2.52. The predicted molar refractivity (Wildman–Crippen MR) is 93.1 cm³/mol. The van der Waals surface area contributed by atoms with E-state index in [1.54, 1.807) is 18.7 Å². The monoisotopic (exact) mass is 353 g/mol. The molecule has 142 valence electrons. The molecule has 1 saturated heterocycles. The number of ketones is 1. The number of ether oxygens (including phenoxy) is 2. The normalized spacial score (nSPS) is 20.3. The van der Waals surface area contributed by atoms with Gasteiger partial charge < -0.3 is 14.4 Å². The van der Waals surface area contributed by atoms with Crippen molar-refractivity contribution in [1.82, 2.24) is 4.90 Å². The summed E-state index contributed by atoms with van der Waals surface area (Å²) in [4.78, 5) is 37.2.